The molecular formula is C25H20F3N3O2. The van der Waals surface area contributed by atoms with Crippen LogP contribution in [0.5, 0.6) is 5.75 Å². The molecule has 1 saturated carbocycles. The van der Waals surface area contributed by atoms with Gasteiger partial charge in [-0.25, -0.2) is 9.37 Å². The number of ether oxygens (including phenoxy) is 1. The molecule has 6 rings (SSSR count). The summed E-state index contributed by atoms with van der Waals surface area (Å²) in [6, 6.07) is 12.9. The Morgan fingerprint density at radius 3 is 2.64 bits per heavy atom. The SMILES string of the molecule is O[C@@H]1C[C@H](c2ccccc2OC(F)F)n2c1nc1cc(F)c(-c3ccc(C4CC4)nc3)cc12. The molecule has 1 fully saturated rings. The van der Waals surface area contributed by atoms with Crippen molar-refractivity contribution in [3.8, 4) is 16.9 Å². The third-order valence-electron chi connectivity index (χ3n) is 6.45. The molecule has 8 heteroatoms. The van der Waals surface area contributed by atoms with Crippen molar-refractivity contribution >= 4 is 11.0 Å². The monoisotopic (exact) mass is 451 g/mol. The summed E-state index contributed by atoms with van der Waals surface area (Å²) in [5.74, 6) is 0.483. The third-order valence-corrected chi connectivity index (χ3v) is 6.45. The Bertz CT molecular complexity index is 1350. The summed E-state index contributed by atoms with van der Waals surface area (Å²) in [4.78, 5) is 8.95. The number of rotatable bonds is 5. The Morgan fingerprint density at radius 1 is 1.09 bits per heavy atom. The van der Waals surface area contributed by atoms with Crippen LogP contribution in [0, 0.1) is 5.82 Å². The van der Waals surface area contributed by atoms with E-state index >= 15 is 4.39 Å². The average Bonchev–Trinajstić information content (AvgIpc) is 3.51. The minimum Gasteiger partial charge on any atom is -0.434 e. The molecule has 4 aromatic rings. The predicted octanol–water partition coefficient (Wildman–Crippen LogP) is 5.74. The van der Waals surface area contributed by atoms with E-state index in [-0.39, 0.29) is 12.2 Å². The Hall–Kier alpha value is -3.39. The van der Waals surface area contributed by atoms with Gasteiger partial charge in [0.1, 0.15) is 23.5 Å². The van der Waals surface area contributed by atoms with E-state index in [1.165, 1.54) is 12.1 Å². The molecule has 33 heavy (non-hydrogen) atoms. The number of benzene rings is 2. The van der Waals surface area contributed by atoms with Crippen molar-refractivity contribution in [1.82, 2.24) is 14.5 Å². The number of aliphatic hydroxyl groups excluding tert-OH is 1. The molecule has 1 aliphatic carbocycles. The van der Waals surface area contributed by atoms with Crippen molar-refractivity contribution in [2.45, 2.75) is 43.9 Å². The summed E-state index contributed by atoms with van der Waals surface area (Å²) < 4.78 is 47.5. The fourth-order valence-corrected chi connectivity index (χ4v) is 4.75. The van der Waals surface area contributed by atoms with Gasteiger partial charge in [-0.3, -0.25) is 4.98 Å². The number of alkyl halides is 2. The molecule has 0 unspecified atom stereocenters. The fourth-order valence-electron chi connectivity index (χ4n) is 4.75. The highest BCUT2D eigenvalue weighted by Crippen LogP contribution is 2.45. The van der Waals surface area contributed by atoms with Gasteiger partial charge in [0.25, 0.3) is 0 Å². The first-order valence-corrected chi connectivity index (χ1v) is 10.9. The zero-order valence-corrected chi connectivity index (χ0v) is 17.5. The molecule has 1 N–H and O–H groups in total. The first-order valence-electron chi connectivity index (χ1n) is 10.9. The zero-order valence-electron chi connectivity index (χ0n) is 17.5. The van der Waals surface area contributed by atoms with E-state index in [4.69, 9.17) is 4.74 Å². The van der Waals surface area contributed by atoms with E-state index in [9.17, 15) is 13.9 Å². The number of fused-ring (bicyclic) bond motifs is 3. The van der Waals surface area contributed by atoms with E-state index in [0.717, 1.165) is 18.5 Å². The van der Waals surface area contributed by atoms with Gasteiger partial charge in [-0.2, -0.15) is 8.78 Å². The number of halogens is 3. The minimum absolute atomic E-state index is 0.0431. The molecule has 0 amide bonds. The number of aliphatic hydroxyl groups is 1. The molecule has 1 aliphatic heterocycles. The average molecular weight is 451 g/mol. The lowest BCUT2D eigenvalue weighted by Crippen LogP contribution is -2.10. The summed E-state index contributed by atoms with van der Waals surface area (Å²) in [5, 5.41) is 10.7. The minimum atomic E-state index is -2.97. The largest absolute Gasteiger partial charge is 0.434 e. The summed E-state index contributed by atoms with van der Waals surface area (Å²) in [6.45, 7) is -2.97. The molecule has 0 saturated heterocycles. The lowest BCUT2D eigenvalue weighted by Gasteiger charge is -2.19. The maximum atomic E-state index is 15.0. The van der Waals surface area contributed by atoms with Gasteiger partial charge in [0.2, 0.25) is 0 Å². The molecule has 0 bridgehead atoms. The quantitative estimate of drug-likeness (QED) is 0.420. The van der Waals surface area contributed by atoms with Crippen LogP contribution in [0.3, 0.4) is 0 Å². The van der Waals surface area contributed by atoms with Crippen LogP contribution in [-0.2, 0) is 0 Å². The van der Waals surface area contributed by atoms with Crippen molar-refractivity contribution in [2.75, 3.05) is 0 Å². The molecule has 2 aliphatic rings. The molecule has 2 atom stereocenters. The fraction of sp³-hybridized carbons (Fsp3) is 0.280. The topological polar surface area (TPSA) is 60.2 Å². The second-order valence-electron chi connectivity index (χ2n) is 8.59. The highest BCUT2D eigenvalue weighted by atomic mass is 19.3. The number of hydrogen-bond donors (Lipinski definition) is 1. The van der Waals surface area contributed by atoms with Crippen molar-refractivity contribution < 1.29 is 23.0 Å². The van der Waals surface area contributed by atoms with Crippen molar-refractivity contribution in [2.24, 2.45) is 0 Å². The standard InChI is InChI=1S/C25H20F3N3O2/c26-17-10-19-21(9-16(17)14-7-8-18(29-12-14)13-5-6-13)31-20(11-22(32)24(31)30-19)15-3-1-2-4-23(15)33-25(27)28/h1-4,7-10,12-13,20,22,25,32H,5-6,11H2/t20-,22-/m1/s1. The van der Waals surface area contributed by atoms with Crippen LogP contribution in [-0.4, -0.2) is 26.3 Å². The molecule has 168 valence electrons. The Balaban J connectivity index is 1.47. The summed E-state index contributed by atoms with van der Waals surface area (Å²) in [7, 11) is 0. The Kier molecular flexibility index (Phi) is 4.65. The van der Waals surface area contributed by atoms with E-state index < -0.39 is 24.6 Å². The van der Waals surface area contributed by atoms with Crippen molar-refractivity contribution in [3.63, 3.8) is 0 Å². The van der Waals surface area contributed by atoms with Gasteiger partial charge in [0.15, 0.2) is 0 Å². The molecule has 2 aromatic carbocycles. The number of aromatic nitrogens is 3. The number of nitrogens with zero attached hydrogens (tertiary/aromatic N) is 3. The second-order valence-corrected chi connectivity index (χ2v) is 8.59. The van der Waals surface area contributed by atoms with Crippen LogP contribution in [0.2, 0.25) is 0 Å². The first-order chi connectivity index (χ1) is 16.0. The molecular weight excluding hydrogens is 431 g/mol. The maximum absolute atomic E-state index is 15.0. The molecule has 3 heterocycles. The van der Waals surface area contributed by atoms with Crippen LogP contribution in [0.15, 0.2) is 54.7 Å². The van der Waals surface area contributed by atoms with Crippen LogP contribution in [0.4, 0.5) is 13.2 Å². The van der Waals surface area contributed by atoms with Crippen LogP contribution < -0.4 is 4.74 Å². The number of hydrogen-bond acceptors (Lipinski definition) is 4. The summed E-state index contributed by atoms with van der Waals surface area (Å²) in [5.41, 5.74) is 3.55. The zero-order chi connectivity index (χ0) is 22.7. The van der Waals surface area contributed by atoms with Gasteiger partial charge < -0.3 is 14.4 Å². The van der Waals surface area contributed by atoms with Gasteiger partial charge in [-0.05, 0) is 31.0 Å². The van der Waals surface area contributed by atoms with E-state index in [1.54, 1.807) is 35.0 Å². The summed E-state index contributed by atoms with van der Waals surface area (Å²) >= 11 is 0. The van der Waals surface area contributed by atoms with Crippen LogP contribution in [0.1, 0.15) is 54.4 Å². The highest BCUT2D eigenvalue weighted by molar-refractivity contribution is 5.83. The van der Waals surface area contributed by atoms with E-state index in [0.29, 0.717) is 39.5 Å². The lowest BCUT2D eigenvalue weighted by atomic mass is 10.0. The number of pyridine rings is 1. The molecule has 5 nitrogen and oxygen atoms in total. The summed E-state index contributed by atoms with van der Waals surface area (Å²) in [6.07, 6.45) is 3.29. The smallest absolute Gasteiger partial charge is 0.387 e. The van der Waals surface area contributed by atoms with E-state index in [1.807, 2.05) is 12.1 Å². The normalized spacial score (nSPS) is 19.9. The number of para-hydroxylation sites is 1. The lowest BCUT2D eigenvalue weighted by molar-refractivity contribution is -0.0507. The predicted molar refractivity (Wildman–Crippen MR) is 116 cm³/mol. The maximum Gasteiger partial charge on any atom is 0.387 e. The Labute approximate surface area is 187 Å². The van der Waals surface area contributed by atoms with Gasteiger partial charge in [-0.15, -0.1) is 0 Å². The van der Waals surface area contributed by atoms with Crippen molar-refractivity contribution in [3.05, 3.63) is 77.6 Å². The van der Waals surface area contributed by atoms with Crippen LogP contribution >= 0.6 is 0 Å². The Morgan fingerprint density at radius 2 is 1.91 bits per heavy atom. The molecule has 0 spiro atoms. The van der Waals surface area contributed by atoms with Gasteiger partial charge >= 0.3 is 6.61 Å². The van der Waals surface area contributed by atoms with Gasteiger partial charge in [-0.1, -0.05) is 24.3 Å². The highest BCUT2D eigenvalue weighted by Gasteiger charge is 2.36. The molecule has 2 aromatic heterocycles. The first kappa shape index (κ1) is 20.2. The van der Waals surface area contributed by atoms with Crippen LogP contribution in [0.25, 0.3) is 22.2 Å². The van der Waals surface area contributed by atoms with E-state index in [2.05, 4.69) is 9.97 Å². The third kappa shape index (κ3) is 3.45. The number of imidazole rings is 1. The van der Waals surface area contributed by atoms with Gasteiger partial charge in [0.05, 0.1) is 17.1 Å². The van der Waals surface area contributed by atoms with Crippen molar-refractivity contribution in [1.29, 1.82) is 0 Å². The second kappa shape index (κ2) is 7.59. The van der Waals surface area contributed by atoms with Gasteiger partial charge in [0, 0.05) is 47.0 Å². The molecule has 0 radical (unpaired) electrons.